The molecular weight excluding hydrogens is 477 g/mol. The zero-order valence-electron chi connectivity index (χ0n) is 16.4. The third kappa shape index (κ3) is 6.10. The lowest BCUT2D eigenvalue weighted by atomic mass is 10.2. The van der Waals surface area contributed by atoms with Gasteiger partial charge in [-0.05, 0) is 31.2 Å². The van der Waals surface area contributed by atoms with E-state index in [-0.39, 0.29) is 29.0 Å². The van der Waals surface area contributed by atoms with Crippen LogP contribution in [0.4, 0.5) is 18.6 Å². The van der Waals surface area contributed by atoms with Gasteiger partial charge in [0, 0.05) is 12.1 Å². The minimum Gasteiger partial charge on any atom is -0.489 e. The Bertz CT molecular complexity index is 1340. The molecule has 0 atom stereocenters. The number of hydrogen-bond donors (Lipinski definition) is 1. The monoisotopic (exact) mass is 492 g/mol. The van der Waals surface area contributed by atoms with Gasteiger partial charge in [-0.2, -0.15) is 13.4 Å². The van der Waals surface area contributed by atoms with E-state index < -0.39 is 44.3 Å². The number of hydrogen-bond acceptors (Lipinski definition) is 8. The van der Waals surface area contributed by atoms with Crippen molar-refractivity contribution in [1.29, 1.82) is 0 Å². The highest BCUT2D eigenvalue weighted by Crippen LogP contribution is 2.23. The molecule has 172 valence electrons. The van der Waals surface area contributed by atoms with Crippen LogP contribution in [0.25, 0.3) is 5.69 Å². The van der Waals surface area contributed by atoms with E-state index in [4.69, 9.17) is 4.74 Å². The average Bonchev–Trinajstić information content (AvgIpc) is 2.99. The van der Waals surface area contributed by atoms with Gasteiger partial charge in [-0.3, -0.25) is 4.72 Å². The first-order valence-electron chi connectivity index (χ1n) is 8.57. The molecule has 3 rings (SSSR count). The Morgan fingerprint density at radius 3 is 2.12 bits per heavy atom. The summed E-state index contributed by atoms with van der Waals surface area (Å²) in [4.78, 5) is 3.88. The number of nitrogens with one attached hydrogen (secondary N) is 1. The topological polar surface area (TPSA) is 129 Å². The van der Waals surface area contributed by atoms with Crippen LogP contribution in [0, 0.1) is 18.6 Å². The Balaban J connectivity index is 1.77. The Labute approximate surface area is 181 Å². The van der Waals surface area contributed by atoms with Gasteiger partial charge < -0.3 is 8.92 Å². The van der Waals surface area contributed by atoms with Crippen molar-refractivity contribution >= 4 is 26.5 Å². The number of nitrogens with zero attached hydrogens (tertiary/aromatic N) is 3. The maximum Gasteiger partial charge on any atom is 0.488 e. The van der Waals surface area contributed by atoms with Crippen molar-refractivity contribution in [1.82, 2.24) is 14.8 Å². The molecule has 0 aliphatic carbocycles. The molecular formula is C17H15F3N4O6S2. The quantitative estimate of drug-likeness (QED) is 0.475. The van der Waals surface area contributed by atoms with Gasteiger partial charge in [0.1, 0.15) is 35.6 Å². The number of aromatic nitrogens is 3. The number of ether oxygens (including phenoxy) is 1. The van der Waals surface area contributed by atoms with Gasteiger partial charge in [0.15, 0.2) is 0 Å². The standard InChI is InChI=1S/C17H15F3N4O6S2/c1-10-21-17(23-31(2,25)26)22-24(10)11-7-15(18)14(16(19)8-11)9-29-12-3-5-13(6-4-12)30-32(20,27)28/h3-8H,9H2,1-2H3,(H,22,23). The SMILES string of the molecule is Cc1nc(NS(C)(=O)=O)nn1-c1cc(F)c(COc2ccc(OS(=O)(=O)F)cc2)c(F)c1. The lowest BCUT2D eigenvalue weighted by Crippen LogP contribution is -2.11. The van der Waals surface area contributed by atoms with Crippen LogP contribution in [0.15, 0.2) is 36.4 Å². The number of aryl methyl sites for hydroxylation is 1. The molecule has 0 aliphatic rings. The normalized spacial score (nSPS) is 11.9. The minimum atomic E-state index is -5.18. The van der Waals surface area contributed by atoms with Crippen LogP contribution in [0.3, 0.4) is 0 Å². The summed E-state index contributed by atoms with van der Waals surface area (Å²) in [5.74, 6) is -2.20. The molecule has 0 saturated heterocycles. The van der Waals surface area contributed by atoms with Gasteiger partial charge in [0.05, 0.1) is 17.5 Å². The molecule has 0 fully saturated rings. The van der Waals surface area contributed by atoms with Crippen molar-refractivity contribution in [2.24, 2.45) is 0 Å². The third-order valence-corrected chi connectivity index (χ3v) is 4.76. The second kappa shape index (κ2) is 8.66. The summed E-state index contributed by atoms with van der Waals surface area (Å²) < 4.78 is 97.5. The third-order valence-electron chi connectivity index (χ3n) is 3.82. The van der Waals surface area contributed by atoms with E-state index >= 15 is 0 Å². The molecule has 1 heterocycles. The molecule has 3 aromatic rings. The van der Waals surface area contributed by atoms with Crippen molar-refractivity contribution < 1.29 is 38.4 Å². The number of halogens is 3. The highest BCUT2D eigenvalue weighted by molar-refractivity contribution is 7.92. The summed E-state index contributed by atoms with van der Waals surface area (Å²) >= 11 is 0. The second-order valence-electron chi connectivity index (χ2n) is 6.39. The first-order valence-corrected chi connectivity index (χ1v) is 11.8. The number of sulfonamides is 1. The Morgan fingerprint density at radius 2 is 1.59 bits per heavy atom. The van der Waals surface area contributed by atoms with Crippen LogP contribution >= 0.6 is 0 Å². The minimum absolute atomic E-state index is 0.0377. The molecule has 2 aromatic carbocycles. The zero-order chi connectivity index (χ0) is 23.7. The molecule has 0 unspecified atom stereocenters. The van der Waals surface area contributed by atoms with E-state index in [0.717, 1.165) is 35.2 Å². The van der Waals surface area contributed by atoms with Crippen LogP contribution in [0.2, 0.25) is 0 Å². The van der Waals surface area contributed by atoms with Crippen molar-refractivity contribution in [3.8, 4) is 17.2 Å². The Hall–Kier alpha value is -3.33. The van der Waals surface area contributed by atoms with E-state index in [0.29, 0.717) is 0 Å². The summed E-state index contributed by atoms with van der Waals surface area (Å²) in [5.41, 5.74) is -0.447. The molecule has 15 heteroatoms. The van der Waals surface area contributed by atoms with Crippen LogP contribution in [0.5, 0.6) is 11.5 Å². The fourth-order valence-corrected chi connectivity index (χ4v) is 3.31. The number of anilines is 1. The second-order valence-corrected chi connectivity index (χ2v) is 9.09. The van der Waals surface area contributed by atoms with Crippen LogP contribution in [0.1, 0.15) is 11.4 Å². The molecule has 1 N–H and O–H groups in total. The van der Waals surface area contributed by atoms with Gasteiger partial charge in [-0.15, -0.1) is 5.10 Å². The van der Waals surface area contributed by atoms with E-state index in [1.165, 1.54) is 19.1 Å². The molecule has 10 nitrogen and oxygen atoms in total. The first kappa shape index (κ1) is 23.3. The molecule has 0 amide bonds. The highest BCUT2D eigenvalue weighted by atomic mass is 32.3. The molecule has 0 spiro atoms. The number of benzene rings is 2. The predicted octanol–water partition coefficient (Wildman–Crippen LogP) is 2.40. The first-order chi connectivity index (χ1) is 14.8. The Kier molecular flexibility index (Phi) is 6.32. The molecule has 32 heavy (non-hydrogen) atoms. The van der Waals surface area contributed by atoms with E-state index in [1.54, 1.807) is 0 Å². The fraction of sp³-hybridized carbons (Fsp3) is 0.176. The van der Waals surface area contributed by atoms with Crippen molar-refractivity contribution in [3.63, 3.8) is 0 Å². The number of rotatable bonds is 8. The lowest BCUT2D eigenvalue weighted by Gasteiger charge is -2.11. The molecule has 0 aliphatic heterocycles. The molecule has 1 aromatic heterocycles. The van der Waals surface area contributed by atoms with E-state index in [1.807, 2.05) is 0 Å². The summed E-state index contributed by atoms with van der Waals surface area (Å²) in [6.07, 6.45) is 0.903. The van der Waals surface area contributed by atoms with E-state index in [2.05, 4.69) is 19.0 Å². The smallest absolute Gasteiger partial charge is 0.488 e. The molecule has 0 radical (unpaired) electrons. The maximum absolute atomic E-state index is 14.5. The van der Waals surface area contributed by atoms with Crippen LogP contribution in [-0.2, 0) is 27.1 Å². The van der Waals surface area contributed by atoms with Gasteiger partial charge in [0.2, 0.25) is 10.0 Å². The molecule has 0 saturated carbocycles. The summed E-state index contributed by atoms with van der Waals surface area (Å²) in [7, 11) is -8.82. The average molecular weight is 492 g/mol. The van der Waals surface area contributed by atoms with Crippen molar-refractivity contribution in [2.75, 3.05) is 11.0 Å². The van der Waals surface area contributed by atoms with Crippen molar-refractivity contribution in [2.45, 2.75) is 13.5 Å². The van der Waals surface area contributed by atoms with Gasteiger partial charge in [-0.1, -0.05) is 3.89 Å². The van der Waals surface area contributed by atoms with Crippen LogP contribution in [-0.4, -0.2) is 37.9 Å². The summed E-state index contributed by atoms with van der Waals surface area (Å²) in [5, 5.41) is 3.87. The van der Waals surface area contributed by atoms with Crippen molar-refractivity contribution in [3.05, 3.63) is 59.4 Å². The summed E-state index contributed by atoms with van der Waals surface area (Å²) in [6, 6.07) is 6.57. The lowest BCUT2D eigenvalue weighted by molar-refractivity contribution is 0.292. The van der Waals surface area contributed by atoms with E-state index in [9.17, 15) is 29.5 Å². The van der Waals surface area contributed by atoms with Gasteiger partial charge >= 0.3 is 10.5 Å². The summed E-state index contributed by atoms with van der Waals surface area (Å²) in [6.45, 7) is 0.950. The highest BCUT2D eigenvalue weighted by Gasteiger charge is 2.17. The molecule has 0 bridgehead atoms. The van der Waals surface area contributed by atoms with Gasteiger partial charge in [-0.25, -0.2) is 21.9 Å². The largest absolute Gasteiger partial charge is 0.489 e. The Morgan fingerprint density at radius 1 is 1.03 bits per heavy atom. The fourth-order valence-electron chi connectivity index (χ4n) is 2.56. The van der Waals surface area contributed by atoms with Gasteiger partial charge in [0.25, 0.3) is 5.95 Å². The van der Waals surface area contributed by atoms with Crippen LogP contribution < -0.4 is 13.6 Å². The maximum atomic E-state index is 14.5. The zero-order valence-corrected chi connectivity index (χ0v) is 18.0. The predicted molar refractivity (Wildman–Crippen MR) is 106 cm³/mol.